The molecular formula is C16H33N3O. The Hall–Kier alpha value is -0.770. The number of hydrogen-bond donors (Lipinski definition) is 2. The molecule has 0 spiro atoms. The molecule has 1 aliphatic heterocycles. The molecule has 0 aromatic rings. The summed E-state index contributed by atoms with van der Waals surface area (Å²) in [5.41, 5.74) is 0. The van der Waals surface area contributed by atoms with Crippen molar-refractivity contribution in [2.24, 2.45) is 11.8 Å². The lowest BCUT2D eigenvalue weighted by Gasteiger charge is -2.34. The van der Waals surface area contributed by atoms with Crippen molar-refractivity contribution in [1.82, 2.24) is 15.5 Å². The van der Waals surface area contributed by atoms with Crippen LogP contribution in [0.15, 0.2) is 0 Å². The molecule has 0 aromatic heterocycles. The average Bonchev–Trinajstić information content (AvgIpc) is 2.37. The van der Waals surface area contributed by atoms with Gasteiger partial charge in [-0.2, -0.15) is 0 Å². The highest BCUT2D eigenvalue weighted by molar-refractivity contribution is 5.74. The van der Waals surface area contributed by atoms with Gasteiger partial charge < -0.3 is 15.5 Å². The summed E-state index contributed by atoms with van der Waals surface area (Å²) < 4.78 is 0. The number of amides is 2. The van der Waals surface area contributed by atoms with E-state index < -0.39 is 0 Å². The molecule has 1 heterocycles. The minimum absolute atomic E-state index is 0.0282. The molecule has 1 rings (SSSR count). The Morgan fingerprint density at radius 3 is 2.50 bits per heavy atom. The minimum Gasteiger partial charge on any atom is -0.338 e. The van der Waals surface area contributed by atoms with Gasteiger partial charge >= 0.3 is 6.03 Å². The summed E-state index contributed by atoms with van der Waals surface area (Å²) in [5, 5.41) is 5.86. The molecule has 3 atom stereocenters. The Morgan fingerprint density at radius 1 is 1.25 bits per heavy atom. The highest BCUT2D eigenvalue weighted by Gasteiger charge is 2.20. The van der Waals surface area contributed by atoms with Gasteiger partial charge in [0, 0.05) is 25.7 Å². The van der Waals surface area contributed by atoms with Crippen LogP contribution in [0.1, 0.15) is 53.4 Å². The topological polar surface area (TPSA) is 44.4 Å². The van der Waals surface area contributed by atoms with E-state index in [4.69, 9.17) is 0 Å². The predicted molar refractivity (Wildman–Crippen MR) is 84.9 cm³/mol. The number of urea groups is 1. The normalized spacial score (nSPS) is 25.2. The first-order valence-corrected chi connectivity index (χ1v) is 8.28. The molecule has 118 valence electrons. The number of hydrogen-bond acceptors (Lipinski definition) is 2. The zero-order valence-corrected chi connectivity index (χ0v) is 13.7. The molecule has 1 aliphatic rings. The number of unbranched alkanes of at least 4 members (excludes halogenated alkanes) is 1. The number of nitrogens with zero attached hydrogens (tertiary/aromatic N) is 1. The number of likely N-dealkylation sites (tertiary alicyclic amines) is 1. The maximum atomic E-state index is 11.5. The SMILES string of the molecule is CC[C@@H](C)NC(=O)NCCCCN1C[C@H](C)C[C@H](C)C1. The van der Waals surface area contributed by atoms with Crippen LogP contribution in [0.2, 0.25) is 0 Å². The second-order valence-corrected chi connectivity index (χ2v) is 6.62. The van der Waals surface area contributed by atoms with Crippen LogP contribution in [0.3, 0.4) is 0 Å². The average molecular weight is 283 g/mol. The molecule has 0 saturated carbocycles. The van der Waals surface area contributed by atoms with E-state index in [0.29, 0.717) is 0 Å². The van der Waals surface area contributed by atoms with Gasteiger partial charge in [0.15, 0.2) is 0 Å². The number of piperidine rings is 1. The van der Waals surface area contributed by atoms with Crippen LogP contribution >= 0.6 is 0 Å². The van der Waals surface area contributed by atoms with Crippen LogP contribution in [0.25, 0.3) is 0 Å². The molecule has 20 heavy (non-hydrogen) atoms. The summed E-state index contributed by atoms with van der Waals surface area (Å²) in [6.45, 7) is 13.2. The summed E-state index contributed by atoms with van der Waals surface area (Å²) in [6.07, 6.45) is 4.57. The Kier molecular flexibility index (Phi) is 7.97. The highest BCUT2D eigenvalue weighted by Crippen LogP contribution is 2.20. The van der Waals surface area contributed by atoms with Crippen LogP contribution in [0.4, 0.5) is 4.79 Å². The third kappa shape index (κ3) is 7.13. The second-order valence-electron chi connectivity index (χ2n) is 6.62. The number of rotatable bonds is 7. The largest absolute Gasteiger partial charge is 0.338 e. The van der Waals surface area contributed by atoms with E-state index in [-0.39, 0.29) is 12.1 Å². The Morgan fingerprint density at radius 2 is 1.90 bits per heavy atom. The van der Waals surface area contributed by atoms with Crippen molar-refractivity contribution < 1.29 is 4.79 Å². The maximum absolute atomic E-state index is 11.5. The van der Waals surface area contributed by atoms with Crippen molar-refractivity contribution in [3.05, 3.63) is 0 Å². The van der Waals surface area contributed by atoms with Gasteiger partial charge in [0.25, 0.3) is 0 Å². The second kappa shape index (κ2) is 9.22. The van der Waals surface area contributed by atoms with E-state index in [1.807, 2.05) is 6.92 Å². The first kappa shape index (κ1) is 17.3. The Bertz CT molecular complexity index is 273. The van der Waals surface area contributed by atoms with Crippen LogP contribution in [0.5, 0.6) is 0 Å². The van der Waals surface area contributed by atoms with Crippen molar-refractivity contribution in [1.29, 1.82) is 0 Å². The smallest absolute Gasteiger partial charge is 0.314 e. The Balaban J connectivity index is 2.03. The number of carbonyl (C=O) groups excluding carboxylic acids is 1. The molecule has 0 aromatic carbocycles. The molecule has 2 N–H and O–H groups in total. The van der Waals surface area contributed by atoms with Crippen LogP contribution in [0, 0.1) is 11.8 Å². The summed E-state index contributed by atoms with van der Waals surface area (Å²) in [6, 6.07) is 0.228. The van der Waals surface area contributed by atoms with Gasteiger partial charge in [-0.3, -0.25) is 0 Å². The van der Waals surface area contributed by atoms with Crippen LogP contribution in [-0.4, -0.2) is 43.2 Å². The Labute approximate surface area is 124 Å². The summed E-state index contributed by atoms with van der Waals surface area (Å²) >= 11 is 0. The third-order valence-electron chi connectivity index (χ3n) is 4.12. The molecule has 4 heteroatoms. The first-order valence-electron chi connectivity index (χ1n) is 8.28. The monoisotopic (exact) mass is 283 g/mol. The highest BCUT2D eigenvalue weighted by atomic mass is 16.2. The molecule has 4 nitrogen and oxygen atoms in total. The van der Waals surface area contributed by atoms with Crippen molar-refractivity contribution >= 4 is 6.03 Å². The van der Waals surface area contributed by atoms with Gasteiger partial charge in [0.1, 0.15) is 0 Å². The number of nitrogens with one attached hydrogen (secondary N) is 2. The molecule has 1 saturated heterocycles. The fourth-order valence-electron chi connectivity index (χ4n) is 3.01. The van der Waals surface area contributed by atoms with Gasteiger partial charge in [-0.05, 0) is 51.0 Å². The molecule has 1 fully saturated rings. The van der Waals surface area contributed by atoms with E-state index in [2.05, 4.69) is 36.3 Å². The van der Waals surface area contributed by atoms with Crippen molar-refractivity contribution in [3.63, 3.8) is 0 Å². The quantitative estimate of drug-likeness (QED) is 0.706. The van der Waals surface area contributed by atoms with E-state index in [1.165, 1.54) is 32.5 Å². The van der Waals surface area contributed by atoms with E-state index in [0.717, 1.165) is 31.2 Å². The van der Waals surface area contributed by atoms with Gasteiger partial charge in [0.2, 0.25) is 0 Å². The first-order chi connectivity index (χ1) is 9.51. The van der Waals surface area contributed by atoms with Crippen LogP contribution in [-0.2, 0) is 0 Å². The molecule has 0 radical (unpaired) electrons. The van der Waals surface area contributed by atoms with Crippen molar-refractivity contribution in [2.45, 2.75) is 59.4 Å². The number of carbonyl (C=O) groups is 1. The molecule has 0 aliphatic carbocycles. The molecule has 0 bridgehead atoms. The van der Waals surface area contributed by atoms with E-state index in [1.54, 1.807) is 0 Å². The lowest BCUT2D eigenvalue weighted by molar-refractivity contribution is 0.139. The van der Waals surface area contributed by atoms with E-state index in [9.17, 15) is 4.79 Å². The fraction of sp³-hybridized carbons (Fsp3) is 0.938. The lowest BCUT2D eigenvalue weighted by Crippen LogP contribution is -2.41. The zero-order valence-electron chi connectivity index (χ0n) is 13.7. The molecule has 2 amide bonds. The summed E-state index contributed by atoms with van der Waals surface area (Å²) in [5.74, 6) is 1.66. The van der Waals surface area contributed by atoms with Crippen molar-refractivity contribution in [2.75, 3.05) is 26.2 Å². The van der Waals surface area contributed by atoms with Crippen molar-refractivity contribution in [3.8, 4) is 0 Å². The summed E-state index contributed by atoms with van der Waals surface area (Å²) in [7, 11) is 0. The predicted octanol–water partition coefficient (Wildman–Crippen LogP) is 2.84. The summed E-state index contributed by atoms with van der Waals surface area (Å²) in [4.78, 5) is 14.1. The minimum atomic E-state index is -0.0282. The fourth-order valence-corrected chi connectivity index (χ4v) is 3.01. The van der Waals surface area contributed by atoms with Gasteiger partial charge in [-0.15, -0.1) is 0 Å². The van der Waals surface area contributed by atoms with Crippen LogP contribution < -0.4 is 10.6 Å². The third-order valence-corrected chi connectivity index (χ3v) is 4.12. The lowest BCUT2D eigenvalue weighted by atomic mass is 9.92. The standard InChI is InChI=1S/C16H33N3O/c1-5-15(4)18-16(20)17-8-6-7-9-19-11-13(2)10-14(3)12-19/h13-15H,5-12H2,1-4H3,(H2,17,18,20)/t13-,14+,15-/m1/s1. The maximum Gasteiger partial charge on any atom is 0.314 e. The van der Waals surface area contributed by atoms with Gasteiger partial charge in [0.05, 0.1) is 0 Å². The van der Waals surface area contributed by atoms with Gasteiger partial charge in [-0.25, -0.2) is 4.79 Å². The van der Waals surface area contributed by atoms with Gasteiger partial charge in [-0.1, -0.05) is 20.8 Å². The van der Waals surface area contributed by atoms with E-state index >= 15 is 0 Å². The molecule has 0 unspecified atom stereocenters. The molecular weight excluding hydrogens is 250 g/mol. The zero-order chi connectivity index (χ0) is 15.0.